The predicted octanol–water partition coefficient (Wildman–Crippen LogP) is 2.68. The van der Waals surface area contributed by atoms with E-state index in [4.69, 9.17) is 0 Å². The fraction of sp³-hybridized carbons (Fsp3) is 0.476. The summed E-state index contributed by atoms with van der Waals surface area (Å²) in [6.45, 7) is 7.34. The van der Waals surface area contributed by atoms with E-state index in [1.807, 2.05) is 11.0 Å². The number of rotatable bonds is 3. The first-order valence-corrected chi connectivity index (χ1v) is 9.88. The highest BCUT2D eigenvalue weighted by molar-refractivity contribution is 5.92. The summed E-state index contributed by atoms with van der Waals surface area (Å²) in [6, 6.07) is 12.1. The van der Waals surface area contributed by atoms with Gasteiger partial charge in [0.25, 0.3) is 5.91 Å². The Bertz CT molecular complexity index is 765. The minimum atomic E-state index is 0.0109. The molecule has 2 aliphatic heterocycles. The summed E-state index contributed by atoms with van der Waals surface area (Å²) in [7, 11) is 0. The zero-order chi connectivity index (χ0) is 18.6. The van der Waals surface area contributed by atoms with Crippen molar-refractivity contribution in [1.82, 2.24) is 14.9 Å². The molecule has 0 radical (unpaired) electrons. The molecule has 6 nitrogen and oxygen atoms in total. The van der Waals surface area contributed by atoms with Crippen molar-refractivity contribution in [3.05, 3.63) is 48.3 Å². The van der Waals surface area contributed by atoms with Crippen LogP contribution in [0.25, 0.3) is 0 Å². The molecule has 2 aromatic rings. The number of amides is 1. The van der Waals surface area contributed by atoms with E-state index in [1.165, 1.54) is 5.69 Å². The molecule has 0 bridgehead atoms. The first-order chi connectivity index (χ1) is 13.2. The van der Waals surface area contributed by atoms with Crippen LogP contribution in [-0.4, -0.2) is 60.0 Å². The monoisotopic (exact) mass is 365 g/mol. The Morgan fingerprint density at radius 3 is 2.33 bits per heavy atom. The van der Waals surface area contributed by atoms with Crippen molar-refractivity contribution in [2.24, 2.45) is 5.92 Å². The number of aromatic nitrogens is 2. The van der Waals surface area contributed by atoms with Gasteiger partial charge in [-0.2, -0.15) is 0 Å². The van der Waals surface area contributed by atoms with Gasteiger partial charge in [-0.05, 0) is 37.0 Å². The van der Waals surface area contributed by atoms with E-state index in [0.29, 0.717) is 24.7 Å². The highest BCUT2D eigenvalue weighted by atomic mass is 16.2. The number of benzene rings is 1. The van der Waals surface area contributed by atoms with Crippen LogP contribution in [0, 0.1) is 5.92 Å². The van der Waals surface area contributed by atoms with Crippen LogP contribution in [0.2, 0.25) is 0 Å². The van der Waals surface area contributed by atoms with Crippen LogP contribution in [0.3, 0.4) is 0 Å². The van der Waals surface area contributed by atoms with E-state index >= 15 is 0 Å². The summed E-state index contributed by atoms with van der Waals surface area (Å²) in [5.74, 6) is 1.46. The van der Waals surface area contributed by atoms with Gasteiger partial charge in [-0.15, -0.1) is 0 Å². The van der Waals surface area contributed by atoms with Crippen molar-refractivity contribution >= 4 is 17.5 Å². The van der Waals surface area contributed by atoms with Crippen LogP contribution in [0.5, 0.6) is 0 Å². The zero-order valence-corrected chi connectivity index (χ0v) is 15.9. The number of nitrogens with zero attached hydrogens (tertiary/aromatic N) is 5. The van der Waals surface area contributed by atoms with Gasteiger partial charge in [-0.25, -0.2) is 9.97 Å². The Morgan fingerprint density at radius 2 is 1.63 bits per heavy atom. The minimum absolute atomic E-state index is 0.0109. The summed E-state index contributed by atoms with van der Waals surface area (Å²) in [6.07, 6.45) is 4.03. The Morgan fingerprint density at radius 1 is 0.926 bits per heavy atom. The maximum atomic E-state index is 12.9. The fourth-order valence-electron chi connectivity index (χ4n) is 3.80. The van der Waals surface area contributed by atoms with Gasteiger partial charge in [0.1, 0.15) is 5.69 Å². The third-order valence-electron chi connectivity index (χ3n) is 5.62. The standard InChI is InChI=1S/C21H27N5O/c1-17-8-11-26(12-9-17)21-22-10-7-19(23-21)20(27)25-15-13-24(14-16-25)18-5-3-2-4-6-18/h2-7,10,17H,8-9,11-16H2,1H3. The molecule has 1 aromatic heterocycles. The van der Waals surface area contributed by atoms with E-state index in [1.54, 1.807) is 12.3 Å². The van der Waals surface area contributed by atoms with Crippen molar-refractivity contribution in [1.29, 1.82) is 0 Å². The first kappa shape index (κ1) is 17.8. The van der Waals surface area contributed by atoms with Gasteiger partial charge in [-0.3, -0.25) is 4.79 Å². The molecular formula is C21H27N5O. The minimum Gasteiger partial charge on any atom is -0.368 e. The van der Waals surface area contributed by atoms with Crippen LogP contribution < -0.4 is 9.80 Å². The molecule has 0 unspecified atom stereocenters. The van der Waals surface area contributed by atoms with Gasteiger partial charge < -0.3 is 14.7 Å². The van der Waals surface area contributed by atoms with Gasteiger partial charge in [-0.1, -0.05) is 25.1 Å². The molecule has 4 rings (SSSR count). The number of hydrogen-bond acceptors (Lipinski definition) is 5. The second-order valence-corrected chi connectivity index (χ2v) is 7.53. The zero-order valence-electron chi connectivity index (χ0n) is 15.9. The molecule has 0 aliphatic carbocycles. The number of anilines is 2. The molecule has 0 saturated carbocycles. The van der Waals surface area contributed by atoms with E-state index < -0.39 is 0 Å². The van der Waals surface area contributed by atoms with Crippen LogP contribution in [-0.2, 0) is 0 Å². The molecule has 1 aromatic carbocycles. The van der Waals surface area contributed by atoms with E-state index in [2.05, 4.69) is 51.0 Å². The normalized spacial score (nSPS) is 18.6. The lowest BCUT2D eigenvalue weighted by Crippen LogP contribution is -2.49. The van der Waals surface area contributed by atoms with Gasteiger partial charge in [0, 0.05) is 51.2 Å². The molecule has 0 spiro atoms. The van der Waals surface area contributed by atoms with E-state index in [0.717, 1.165) is 44.9 Å². The Kier molecular flexibility index (Phi) is 5.23. The second kappa shape index (κ2) is 7.94. The van der Waals surface area contributed by atoms with Gasteiger partial charge in [0.15, 0.2) is 0 Å². The van der Waals surface area contributed by atoms with Crippen LogP contribution in [0.15, 0.2) is 42.6 Å². The van der Waals surface area contributed by atoms with Gasteiger partial charge in [0.05, 0.1) is 0 Å². The fourth-order valence-corrected chi connectivity index (χ4v) is 3.80. The molecule has 2 saturated heterocycles. The van der Waals surface area contributed by atoms with Crippen LogP contribution >= 0.6 is 0 Å². The highest BCUT2D eigenvalue weighted by Crippen LogP contribution is 2.21. The van der Waals surface area contributed by atoms with Crippen molar-refractivity contribution in [3.8, 4) is 0 Å². The smallest absolute Gasteiger partial charge is 0.272 e. The van der Waals surface area contributed by atoms with Crippen molar-refractivity contribution in [2.75, 3.05) is 49.1 Å². The number of piperazine rings is 1. The largest absolute Gasteiger partial charge is 0.368 e. The maximum absolute atomic E-state index is 12.9. The SMILES string of the molecule is CC1CCN(c2nccc(C(=O)N3CCN(c4ccccc4)CC3)n2)CC1. The molecule has 6 heteroatoms. The Labute approximate surface area is 160 Å². The number of para-hydroxylation sites is 1. The first-order valence-electron chi connectivity index (χ1n) is 9.88. The lowest BCUT2D eigenvalue weighted by atomic mass is 10.00. The summed E-state index contributed by atoms with van der Waals surface area (Å²) in [5, 5.41) is 0. The van der Waals surface area contributed by atoms with E-state index in [-0.39, 0.29) is 5.91 Å². The summed E-state index contributed by atoms with van der Waals surface area (Å²) in [4.78, 5) is 28.3. The quantitative estimate of drug-likeness (QED) is 0.837. The number of carbonyl (C=O) groups is 1. The predicted molar refractivity (Wildman–Crippen MR) is 107 cm³/mol. The van der Waals surface area contributed by atoms with Crippen molar-refractivity contribution in [2.45, 2.75) is 19.8 Å². The number of piperidine rings is 1. The van der Waals surface area contributed by atoms with Crippen LogP contribution in [0.1, 0.15) is 30.3 Å². The van der Waals surface area contributed by atoms with Gasteiger partial charge in [0.2, 0.25) is 5.95 Å². The van der Waals surface area contributed by atoms with E-state index in [9.17, 15) is 4.79 Å². The highest BCUT2D eigenvalue weighted by Gasteiger charge is 2.24. The summed E-state index contributed by atoms with van der Waals surface area (Å²) in [5.41, 5.74) is 1.72. The third kappa shape index (κ3) is 4.04. The van der Waals surface area contributed by atoms with Gasteiger partial charge >= 0.3 is 0 Å². The lowest BCUT2D eigenvalue weighted by molar-refractivity contribution is 0.0740. The third-order valence-corrected chi connectivity index (χ3v) is 5.62. The molecule has 142 valence electrons. The maximum Gasteiger partial charge on any atom is 0.272 e. The summed E-state index contributed by atoms with van der Waals surface area (Å²) >= 11 is 0. The Balaban J connectivity index is 1.39. The van der Waals surface area contributed by atoms with Crippen molar-refractivity contribution in [3.63, 3.8) is 0 Å². The van der Waals surface area contributed by atoms with Crippen molar-refractivity contribution < 1.29 is 4.79 Å². The molecular weight excluding hydrogens is 338 g/mol. The molecule has 2 fully saturated rings. The average Bonchev–Trinajstić information content (AvgIpc) is 2.75. The molecule has 3 heterocycles. The lowest BCUT2D eigenvalue weighted by Gasteiger charge is -2.36. The molecule has 27 heavy (non-hydrogen) atoms. The molecule has 0 N–H and O–H groups in total. The van der Waals surface area contributed by atoms with Crippen LogP contribution in [0.4, 0.5) is 11.6 Å². The Hall–Kier alpha value is -2.63. The summed E-state index contributed by atoms with van der Waals surface area (Å²) < 4.78 is 0. The average molecular weight is 365 g/mol. The molecule has 2 aliphatic rings. The number of hydrogen-bond donors (Lipinski definition) is 0. The molecule has 1 amide bonds. The second-order valence-electron chi connectivity index (χ2n) is 7.53. The topological polar surface area (TPSA) is 52.6 Å². The molecule has 0 atom stereocenters. The number of carbonyl (C=O) groups excluding carboxylic acids is 1.